The predicted octanol–water partition coefficient (Wildman–Crippen LogP) is 5.38. The molecule has 1 amide bonds. The van der Waals surface area contributed by atoms with Crippen molar-refractivity contribution < 1.29 is 4.79 Å². The van der Waals surface area contributed by atoms with Gasteiger partial charge in [0.25, 0.3) is 0 Å². The number of primary amides is 1. The fourth-order valence-electron chi connectivity index (χ4n) is 4.10. The van der Waals surface area contributed by atoms with Crippen molar-refractivity contribution in [3.8, 4) is 16.8 Å². The number of halogens is 1. The lowest BCUT2D eigenvalue weighted by Gasteiger charge is -2.08. The van der Waals surface area contributed by atoms with Gasteiger partial charge >= 0.3 is 0 Å². The second-order valence-corrected chi connectivity index (χ2v) is 8.22. The standard InChI is InChI=1S/C27H21ClN4O/c28-23-9-2-1-6-21(23)17-31-24-10-3-4-11-25(24)32(27(31)30)22-14-12-18(13-15-22)19-7-5-8-20(16-19)26(29)33/h1-16,30H,17H2,(H2,29,33). The minimum Gasteiger partial charge on any atom is -0.366 e. The van der Waals surface area contributed by atoms with Crippen LogP contribution < -0.4 is 11.4 Å². The third kappa shape index (κ3) is 3.83. The van der Waals surface area contributed by atoms with Gasteiger partial charge in [0.05, 0.1) is 17.6 Å². The number of nitrogens with two attached hydrogens (primary N) is 1. The maximum absolute atomic E-state index is 11.5. The van der Waals surface area contributed by atoms with E-state index < -0.39 is 5.91 Å². The number of fused-ring (bicyclic) bond motifs is 1. The lowest BCUT2D eigenvalue weighted by molar-refractivity contribution is 0.100. The van der Waals surface area contributed by atoms with E-state index in [0.717, 1.165) is 33.4 Å². The van der Waals surface area contributed by atoms with Crippen LogP contribution in [0.5, 0.6) is 0 Å². The first-order chi connectivity index (χ1) is 16.0. The number of benzene rings is 4. The van der Waals surface area contributed by atoms with Gasteiger partial charge in [0, 0.05) is 16.3 Å². The molecule has 33 heavy (non-hydrogen) atoms. The highest BCUT2D eigenvalue weighted by Crippen LogP contribution is 2.25. The Hall–Kier alpha value is -4.09. The number of amides is 1. The Balaban J connectivity index is 1.59. The molecular formula is C27H21ClN4O. The first-order valence-electron chi connectivity index (χ1n) is 10.5. The summed E-state index contributed by atoms with van der Waals surface area (Å²) in [6.45, 7) is 0.504. The van der Waals surface area contributed by atoms with E-state index >= 15 is 0 Å². The maximum Gasteiger partial charge on any atom is 0.248 e. The molecule has 5 rings (SSSR count). The van der Waals surface area contributed by atoms with Crippen molar-refractivity contribution in [3.63, 3.8) is 0 Å². The molecule has 0 radical (unpaired) electrons. The number of aromatic nitrogens is 2. The number of carbonyl (C=O) groups is 1. The fourth-order valence-corrected chi connectivity index (χ4v) is 4.30. The molecule has 3 N–H and O–H groups in total. The van der Waals surface area contributed by atoms with Crippen LogP contribution in [0.1, 0.15) is 15.9 Å². The lowest BCUT2D eigenvalue weighted by atomic mass is 10.0. The third-order valence-electron chi connectivity index (χ3n) is 5.77. The molecule has 0 fully saturated rings. The highest BCUT2D eigenvalue weighted by Gasteiger charge is 2.14. The molecule has 0 atom stereocenters. The second-order valence-electron chi connectivity index (χ2n) is 7.82. The smallest absolute Gasteiger partial charge is 0.248 e. The number of carbonyl (C=O) groups excluding carboxylic acids is 1. The Morgan fingerprint density at radius 3 is 2.24 bits per heavy atom. The molecule has 0 aliphatic carbocycles. The average molecular weight is 453 g/mol. The van der Waals surface area contributed by atoms with Crippen LogP contribution in [0.4, 0.5) is 0 Å². The van der Waals surface area contributed by atoms with Crippen molar-refractivity contribution >= 4 is 28.5 Å². The van der Waals surface area contributed by atoms with E-state index in [9.17, 15) is 4.79 Å². The van der Waals surface area contributed by atoms with Crippen molar-refractivity contribution in [2.45, 2.75) is 6.54 Å². The normalized spacial score (nSPS) is 11.1. The SMILES string of the molecule is N=c1n(Cc2ccccc2Cl)c2ccccc2n1-c1ccc(-c2cccc(C(N)=O)c2)cc1. The quantitative estimate of drug-likeness (QED) is 0.369. The summed E-state index contributed by atoms with van der Waals surface area (Å²) in [5, 5.41) is 9.64. The van der Waals surface area contributed by atoms with Gasteiger partial charge in [-0.1, -0.05) is 66.2 Å². The van der Waals surface area contributed by atoms with E-state index in [1.807, 2.05) is 94.1 Å². The summed E-state index contributed by atoms with van der Waals surface area (Å²) in [4.78, 5) is 11.5. The molecular weight excluding hydrogens is 432 g/mol. The topological polar surface area (TPSA) is 76.8 Å². The largest absolute Gasteiger partial charge is 0.366 e. The minimum absolute atomic E-state index is 0.361. The Morgan fingerprint density at radius 1 is 0.818 bits per heavy atom. The van der Waals surface area contributed by atoms with Gasteiger partial charge in [-0.05, 0) is 59.2 Å². The number of nitrogens with zero attached hydrogens (tertiary/aromatic N) is 2. The summed E-state index contributed by atoms with van der Waals surface area (Å²) < 4.78 is 3.89. The first kappa shape index (κ1) is 20.8. The summed E-state index contributed by atoms with van der Waals surface area (Å²) in [6, 6.07) is 30.9. The predicted molar refractivity (Wildman–Crippen MR) is 132 cm³/mol. The molecule has 1 aromatic heterocycles. The molecule has 0 aliphatic rings. The van der Waals surface area contributed by atoms with Gasteiger partial charge in [0.1, 0.15) is 0 Å². The molecule has 6 heteroatoms. The number of hydrogen-bond acceptors (Lipinski definition) is 2. The molecule has 5 aromatic rings. The molecule has 5 nitrogen and oxygen atoms in total. The highest BCUT2D eigenvalue weighted by molar-refractivity contribution is 6.31. The number of imidazole rings is 1. The van der Waals surface area contributed by atoms with Gasteiger partial charge in [-0.25, -0.2) is 0 Å². The van der Waals surface area contributed by atoms with E-state index in [2.05, 4.69) is 0 Å². The number of nitrogens with one attached hydrogen (secondary N) is 1. The molecule has 4 aromatic carbocycles. The highest BCUT2D eigenvalue weighted by atomic mass is 35.5. The van der Waals surface area contributed by atoms with Crippen molar-refractivity contribution in [3.05, 3.63) is 119 Å². The van der Waals surface area contributed by atoms with Crippen LogP contribution in [0.2, 0.25) is 5.02 Å². The van der Waals surface area contributed by atoms with E-state index in [1.54, 1.807) is 12.1 Å². The van der Waals surface area contributed by atoms with E-state index in [4.69, 9.17) is 22.7 Å². The van der Waals surface area contributed by atoms with Gasteiger partial charge in [0.15, 0.2) is 0 Å². The zero-order chi connectivity index (χ0) is 22.9. The molecule has 0 spiro atoms. The van der Waals surface area contributed by atoms with Crippen LogP contribution in [0.3, 0.4) is 0 Å². The summed E-state index contributed by atoms with van der Waals surface area (Å²) in [6.07, 6.45) is 0. The lowest BCUT2D eigenvalue weighted by Crippen LogP contribution is -2.24. The van der Waals surface area contributed by atoms with Crippen molar-refractivity contribution in [2.75, 3.05) is 0 Å². The van der Waals surface area contributed by atoms with Crippen LogP contribution in [0.25, 0.3) is 27.8 Å². The van der Waals surface area contributed by atoms with E-state index in [0.29, 0.717) is 22.7 Å². The van der Waals surface area contributed by atoms with Crippen molar-refractivity contribution in [1.82, 2.24) is 9.13 Å². The van der Waals surface area contributed by atoms with E-state index in [1.165, 1.54) is 0 Å². The number of para-hydroxylation sites is 2. The van der Waals surface area contributed by atoms with Crippen LogP contribution in [0, 0.1) is 5.41 Å². The molecule has 0 unspecified atom stereocenters. The third-order valence-corrected chi connectivity index (χ3v) is 6.14. The summed E-state index contributed by atoms with van der Waals surface area (Å²) in [7, 11) is 0. The zero-order valence-electron chi connectivity index (χ0n) is 17.7. The molecule has 0 saturated carbocycles. The second kappa shape index (κ2) is 8.45. The number of rotatable bonds is 5. The minimum atomic E-state index is -0.450. The van der Waals surface area contributed by atoms with Gasteiger partial charge in [-0.3, -0.25) is 14.8 Å². The van der Waals surface area contributed by atoms with Crippen LogP contribution >= 0.6 is 11.6 Å². The Morgan fingerprint density at radius 2 is 1.52 bits per heavy atom. The van der Waals surface area contributed by atoms with Crippen LogP contribution in [-0.4, -0.2) is 15.0 Å². The van der Waals surface area contributed by atoms with Gasteiger partial charge in [0.2, 0.25) is 11.5 Å². The Kier molecular flexibility index (Phi) is 5.32. The van der Waals surface area contributed by atoms with E-state index in [-0.39, 0.29) is 0 Å². The molecule has 0 bridgehead atoms. The van der Waals surface area contributed by atoms with Crippen molar-refractivity contribution in [1.29, 1.82) is 5.41 Å². The van der Waals surface area contributed by atoms with Crippen LogP contribution in [0.15, 0.2) is 97.1 Å². The Bertz CT molecular complexity index is 1550. The van der Waals surface area contributed by atoms with Crippen molar-refractivity contribution in [2.24, 2.45) is 5.73 Å². The maximum atomic E-state index is 11.5. The average Bonchev–Trinajstić information content (AvgIpc) is 3.12. The fraction of sp³-hybridized carbons (Fsp3) is 0.0370. The van der Waals surface area contributed by atoms with Gasteiger partial charge < -0.3 is 10.3 Å². The summed E-state index contributed by atoms with van der Waals surface area (Å²) in [5.74, 6) is -0.450. The summed E-state index contributed by atoms with van der Waals surface area (Å²) in [5.41, 5.74) is 11.9. The summed E-state index contributed by atoms with van der Waals surface area (Å²) >= 11 is 6.40. The van der Waals surface area contributed by atoms with Gasteiger partial charge in [-0.2, -0.15) is 0 Å². The Labute approximate surface area is 195 Å². The molecule has 162 valence electrons. The van der Waals surface area contributed by atoms with Gasteiger partial charge in [-0.15, -0.1) is 0 Å². The monoisotopic (exact) mass is 452 g/mol. The zero-order valence-corrected chi connectivity index (χ0v) is 18.5. The first-order valence-corrected chi connectivity index (χ1v) is 10.9. The molecule has 0 aliphatic heterocycles. The molecule has 0 saturated heterocycles. The molecule has 1 heterocycles. The van der Waals surface area contributed by atoms with Crippen LogP contribution in [-0.2, 0) is 6.54 Å². The number of hydrogen-bond donors (Lipinski definition) is 2.